The van der Waals surface area contributed by atoms with Crippen LogP contribution in [0.3, 0.4) is 0 Å². The van der Waals surface area contributed by atoms with Gasteiger partial charge in [-0.3, -0.25) is 4.98 Å². The van der Waals surface area contributed by atoms with E-state index in [2.05, 4.69) is 53.7 Å². The number of amides is 2. The number of rotatable bonds is 7. The van der Waals surface area contributed by atoms with Gasteiger partial charge in [-0.05, 0) is 35.6 Å². The quantitative estimate of drug-likeness (QED) is 0.807. The molecule has 1 aromatic carbocycles. The maximum atomic E-state index is 11.9. The lowest BCUT2D eigenvalue weighted by atomic mass is 9.92. The normalized spacial score (nSPS) is 12.0. The molecule has 0 aliphatic carbocycles. The summed E-state index contributed by atoms with van der Waals surface area (Å²) in [6.07, 6.45) is 2.72. The Bertz CT molecular complexity index is 623. The molecule has 0 aliphatic rings. The Morgan fingerprint density at radius 3 is 2.33 bits per heavy atom. The molecule has 0 aliphatic heterocycles. The molecule has 0 bridgehead atoms. The minimum atomic E-state index is -0.128. The summed E-state index contributed by atoms with van der Waals surface area (Å²) in [7, 11) is 0. The van der Waals surface area contributed by atoms with Crippen LogP contribution < -0.4 is 10.6 Å². The van der Waals surface area contributed by atoms with E-state index >= 15 is 0 Å². The third kappa shape index (κ3) is 5.08. The number of nitrogens with zero attached hydrogens (tertiary/aromatic N) is 1. The smallest absolute Gasteiger partial charge is 0.314 e. The number of carbonyl (C=O) groups excluding carboxylic acids is 1. The number of benzene rings is 1. The van der Waals surface area contributed by atoms with Crippen molar-refractivity contribution in [2.24, 2.45) is 0 Å². The fraction of sp³-hybridized carbons (Fsp3) is 0.400. The van der Waals surface area contributed by atoms with E-state index in [-0.39, 0.29) is 11.9 Å². The van der Waals surface area contributed by atoms with Crippen LogP contribution in [0.15, 0.2) is 48.7 Å². The van der Waals surface area contributed by atoms with E-state index in [1.54, 1.807) is 6.20 Å². The highest BCUT2D eigenvalue weighted by Crippen LogP contribution is 2.24. The Hall–Kier alpha value is -2.36. The third-order valence-corrected chi connectivity index (χ3v) is 4.05. The molecule has 1 heterocycles. The van der Waals surface area contributed by atoms with Crippen molar-refractivity contribution in [1.82, 2.24) is 15.6 Å². The van der Waals surface area contributed by atoms with E-state index in [1.165, 1.54) is 5.56 Å². The number of nitrogens with one attached hydrogen (secondary N) is 2. The topological polar surface area (TPSA) is 54.0 Å². The van der Waals surface area contributed by atoms with Crippen LogP contribution in [0.5, 0.6) is 0 Å². The molecule has 0 saturated carbocycles. The highest BCUT2D eigenvalue weighted by molar-refractivity contribution is 5.73. The molecule has 0 spiro atoms. The van der Waals surface area contributed by atoms with Crippen LogP contribution in [-0.4, -0.2) is 24.1 Å². The average molecular weight is 325 g/mol. The van der Waals surface area contributed by atoms with Crippen molar-refractivity contribution in [2.75, 3.05) is 13.1 Å². The number of carbonyl (C=O) groups is 1. The van der Waals surface area contributed by atoms with Crippen LogP contribution in [0.2, 0.25) is 0 Å². The Balaban J connectivity index is 2.15. The van der Waals surface area contributed by atoms with Gasteiger partial charge in [0.25, 0.3) is 0 Å². The minimum Gasteiger partial charge on any atom is -0.338 e. The van der Waals surface area contributed by atoms with Gasteiger partial charge < -0.3 is 10.6 Å². The van der Waals surface area contributed by atoms with Crippen LogP contribution in [0, 0.1) is 0 Å². The predicted octanol–water partition coefficient (Wildman–Crippen LogP) is 4.05. The molecular weight excluding hydrogens is 298 g/mol. The summed E-state index contributed by atoms with van der Waals surface area (Å²) in [5.74, 6) is 0.546. The fourth-order valence-electron chi connectivity index (χ4n) is 2.58. The SMILES string of the molecule is CCCNC(=O)NCC(c1ccc(C(C)C)cc1)c1ccccn1. The van der Waals surface area contributed by atoms with Crippen molar-refractivity contribution in [3.63, 3.8) is 0 Å². The highest BCUT2D eigenvalue weighted by atomic mass is 16.2. The molecule has 24 heavy (non-hydrogen) atoms. The molecule has 1 unspecified atom stereocenters. The number of pyridine rings is 1. The van der Waals surface area contributed by atoms with E-state index in [0.29, 0.717) is 19.0 Å². The molecule has 0 radical (unpaired) electrons. The van der Waals surface area contributed by atoms with Crippen LogP contribution in [-0.2, 0) is 0 Å². The van der Waals surface area contributed by atoms with Gasteiger partial charge in [-0.1, -0.05) is 51.1 Å². The van der Waals surface area contributed by atoms with Gasteiger partial charge in [0.2, 0.25) is 0 Å². The van der Waals surface area contributed by atoms with Crippen molar-refractivity contribution in [1.29, 1.82) is 0 Å². The first kappa shape index (κ1) is 18.0. The lowest BCUT2D eigenvalue weighted by molar-refractivity contribution is 0.240. The van der Waals surface area contributed by atoms with Crippen LogP contribution >= 0.6 is 0 Å². The van der Waals surface area contributed by atoms with Crippen LogP contribution in [0.1, 0.15) is 55.8 Å². The van der Waals surface area contributed by atoms with Crippen molar-refractivity contribution in [3.8, 4) is 0 Å². The molecule has 2 amide bonds. The summed E-state index contributed by atoms with van der Waals surface area (Å²) < 4.78 is 0. The van der Waals surface area contributed by atoms with Gasteiger partial charge in [-0.15, -0.1) is 0 Å². The average Bonchev–Trinajstić information content (AvgIpc) is 2.61. The number of hydrogen-bond donors (Lipinski definition) is 2. The van der Waals surface area contributed by atoms with E-state index in [9.17, 15) is 4.79 Å². The molecule has 2 aromatic rings. The zero-order valence-corrected chi connectivity index (χ0v) is 14.8. The summed E-state index contributed by atoms with van der Waals surface area (Å²) in [6, 6.07) is 14.4. The lowest BCUT2D eigenvalue weighted by Gasteiger charge is -2.19. The minimum absolute atomic E-state index is 0.0415. The first-order chi connectivity index (χ1) is 11.6. The lowest BCUT2D eigenvalue weighted by Crippen LogP contribution is -2.38. The number of urea groups is 1. The Kier molecular flexibility index (Phi) is 6.79. The predicted molar refractivity (Wildman–Crippen MR) is 98.3 cm³/mol. The van der Waals surface area contributed by atoms with Gasteiger partial charge in [0.1, 0.15) is 0 Å². The molecule has 1 atom stereocenters. The Morgan fingerprint density at radius 2 is 1.75 bits per heavy atom. The summed E-state index contributed by atoms with van der Waals surface area (Å²) in [4.78, 5) is 16.4. The van der Waals surface area contributed by atoms with Crippen molar-refractivity contribution in [3.05, 3.63) is 65.5 Å². The summed E-state index contributed by atoms with van der Waals surface area (Å²) in [5, 5.41) is 5.81. The summed E-state index contributed by atoms with van der Waals surface area (Å²) >= 11 is 0. The monoisotopic (exact) mass is 325 g/mol. The third-order valence-electron chi connectivity index (χ3n) is 4.05. The number of hydrogen-bond acceptors (Lipinski definition) is 2. The maximum Gasteiger partial charge on any atom is 0.314 e. The highest BCUT2D eigenvalue weighted by Gasteiger charge is 2.16. The second-order valence-corrected chi connectivity index (χ2v) is 6.27. The first-order valence-electron chi connectivity index (χ1n) is 8.64. The fourth-order valence-corrected chi connectivity index (χ4v) is 2.58. The zero-order chi connectivity index (χ0) is 17.4. The largest absolute Gasteiger partial charge is 0.338 e. The molecule has 1 aromatic heterocycles. The molecule has 2 rings (SSSR count). The number of aromatic nitrogens is 1. The second-order valence-electron chi connectivity index (χ2n) is 6.27. The van der Waals surface area contributed by atoms with Gasteiger partial charge in [-0.2, -0.15) is 0 Å². The second kappa shape index (κ2) is 9.06. The standard InChI is InChI=1S/C20H27N3O/c1-4-12-22-20(24)23-14-18(19-7-5-6-13-21-19)17-10-8-16(9-11-17)15(2)3/h5-11,13,15,18H,4,12,14H2,1-3H3,(H2,22,23,24). The van der Waals surface area contributed by atoms with E-state index < -0.39 is 0 Å². The zero-order valence-electron chi connectivity index (χ0n) is 14.8. The first-order valence-corrected chi connectivity index (χ1v) is 8.64. The van der Waals surface area contributed by atoms with Crippen molar-refractivity contribution in [2.45, 2.75) is 39.0 Å². The Labute approximate surface area is 144 Å². The van der Waals surface area contributed by atoms with Crippen molar-refractivity contribution >= 4 is 6.03 Å². The van der Waals surface area contributed by atoms with Crippen LogP contribution in [0.4, 0.5) is 4.79 Å². The van der Waals surface area contributed by atoms with Crippen molar-refractivity contribution < 1.29 is 4.79 Å². The van der Waals surface area contributed by atoms with E-state index in [1.807, 2.05) is 25.1 Å². The maximum absolute atomic E-state index is 11.9. The molecule has 4 heteroatoms. The molecule has 0 saturated heterocycles. The molecule has 128 valence electrons. The molecule has 2 N–H and O–H groups in total. The van der Waals surface area contributed by atoms with Gasteiger partial charge >= 0.3 is 6.03 Å². The summed E-state index contributed by atoms with van der Waals surface area (Å²) in [5.41, 5.74) is 3.44. The summed E-state index contributed by atoms with van der Waals surface area (Å²) in [6.45, 7) is 7.61. The molecular formula is C20H27N3O. The van der Waals surface area contributed by atoms with Gasteiger partial charge in [0, 0.05) is 30.9 Å². The molecule has 4 nitrogen and oxygen atoms in total. The van der Waals surface area contributed by atoms with Gasteiger partial charge in [0.15, 0.2) is 0 Å². The molecule has 0 fully saturated rings. The van der Waals surface area contributed by atoms with E-state index in [4.69, 9.17) is 0 Å². The Morgan fingerprint density at radius 1 is 1.04 bits per heavy atom. The van der Waals surface area contributed by atoms with Crippen LogP contribution in [0.25, 0.3) is 0 Å². The van der Waals surface area contributed by atoms with Gasteiger partial charge in [0.05, 0.1) is 0 Å². The van der Waals surface area contributed by atoms with E-state index in [0.717, 1.165) is 17.7 Å². The van der Waals surface area contributed by atoms with Gasteiger partial charge in [-0.25, -0.2) is 4.79 Å².